The summed E-state index contributed by atoms with van der Waals surface area (Å²) in [6.45, 7) is 0. The van der Waals surface area contributed by atoms with Crippen molar-refractivity contribution in [1.82, 2.24) is 0 Å². The molecule has 0 N–H and O–H groups in total. The third-order valence-corrected chi connectivity index (χ3v) is 3.23. The van der Waals surface area contributed by atoms with Crippen LogP contribution in [0.1, 0.15) is 15.9 Å². The Labute approximate surface area is 118 Å². The first-order valence-corrected chi connectivity index (χ1v) is 6.08. The largest absolute Gasteiger partial charge is 0.288 e. The molecule has 2 aromatic carbocycles. The molecule has 1 nitrogen and oxygen atoms in total. The van der Waals surface area contributed by atoms with Gasteiger partial charge in [0.05, 0.1) is 15.6 Å². The van der Waals surface area contributed by atoms with Crippen LogP contribution < -0.4 is 0 Å². The summed E-state index contributed by atoms with van der Waals surface area (Å²) in [4.78, 5) is 12.2. The van der Waals surface area contributed by atoms with Crippen molar-refractivity contribution < 1.29 is 9.18 Å². The van der Waals surface area contributed by atoms with Crippen LogP contribution in [-0.2, 0) is 0 Å². The van der Waals surface area contributed by atoms with Gasteiger partial charge in [-0.1, -0.05) is 40.9 Å². The average Bonchev–Trinajstić information content (AvgIpc) is 2.35. The number of hydrogen-bond acceptors (Lipinski definition) is 1. The number of ketones is 1. The van der Waals surface area contributed by atoms with E-state index in [2.05, 4.69) is 0 Å². The molecule has 92 valence electrons. The van der Waals surface area contributed by atoms with E-state index in [4.69, 9.17) is 34.8 Å². The van der Waals surface area contributed by atoms with Crippen molar-refractivity contribution in [3.63, 3.8) is 0 Å². The molecule has 0 heterocycles. The van der Waals surface area contributed by atoms with E-state index in [0.29, 0.717) is 5.02 Å². The molecule has 0 fully saturated rings. The summed E-state index contributed by atoms with van der Waals surface area (Å²) in [5.74, 6) is -1.32. The molecular formula is C13H6Cl3FO. The summed E-state index contributed by atoms with van der Waals surface area (Å²) in [6, 6.07) is 8.65. The normalized spacial score (nSPS) is 10.4. The smallest absolute Gasteiger partial charge is 0.197 e. The van der Waals surface area contributed by atoms with Gasteiger partial charge in [-0.25, -0.2) is 4.39 Å². The first kappa shape index (κ1) is 13.3. The third-order valence-electron chi connectivity index (χ3n) is 2.37. The van der Waals surface area contributed by atoms with Crippen LogP contribution in [0.4, 0.5) is 4.39 Å². The van der Waals surface area contributed by atoms with E-state index in [1.165, 1.54) is 30.3 Å². The average molecular weight is 304 g/mol. The predicted molar refractivity (Wildman–Crippen MR) is 71.3 cm³/mol. The maximum Gasteiger partial charge on any atom is 0.197 e. The lowest BCUT2D eigenvalue weighted by Crippen LogP contribution is -2.05. The van der Waals surface area contributed by atoms with E-state index < -0.39 is 11.6 Å². The summed E-state index contributed by atoms with van der Waals surface area (Å²) in [5, 5.41) is 0.452. The topological polar surface area (TPSA) is 17.1 Å². The minimum Gasteiger partial charge on any atom is -0.288 e. The van der Waals surface area contributed by atoms with Crippen molar-refractivity contribution in [2.45, 2.75) is 0 Å². The molecule has 0 aromatic heterocycles. The van der Waals surface area contributed by atoms with Gasteiger partial charge in [-0.3, -0.25) is 4.79 Å². The molecule has 2 rings (SSSR count). The zero-order valence-corrected chi connectivity index (χ0v) is 11.2. The molecular weight excluding hydrogens is 297 g/mol. The van der Waals surface area contributed by atoms with Gasteiger partial charge in [0.25, 0.3) is 0 Å². The van der Waals surface area contributed by atoms with Gasteiger partial charge < -0.3 is 0 Å². The molecule has 0 bridgehead atoms. The van der Waals surface area contributed by atoms with Crippen LogP contribution in [0.25, 0.3) is 0 Å². The van der Waals surface area contributed by atoms with Gasteiger partial charge in [-0.05, 0) is 30.3 Å². The van der Waals surface area contributed by atoms with Gasteiger partial charge in [0.1, 0.15) is 0 Å². The van der Waals surface area contributed by atoms with Crippen molar-refractivity contribution in [2.24, 2.45) is 0 Å². The molecule has 0 aliphatic rings. The number of halogens is 4. The fourth-order valence-electron chi connectivity index (χ4n) is 1.50. The Morgan fingerprint density at radius 3 is 2.39 bits per heavy atom. The van der Waals surface area contributed by atoms with Crippen LogP contribution in [-0.4, -0.2) is 5.78 Å². The second-order valence-corrected chi connectivity index (χ2v) is 4.81. The van der Waals surface area contributed by atoms with Crippen molar-refractivity contribution in [3.05, 3.63) is 68.4 Å². The number of carbonyl (C=O) groups excluding carboxylic acids is 1. The monoisotopic (exact) mass is 302 g/mol. The van der Waals surface area contributed by atoms with E-state index in [9.17, 15) is 9.18 Å². The lowest BCUT2D eigenvalue weighted by Gasteiger charge is -2.06. The molecule has 18 heavy (non-hydrogen) atoms. The number of carbonyl (C=O) groups is 1. The highest BCUT2D eigenvalue weighted by Gasteiger charge is 2.18. The molecule has 2 aromatic rings. The Morgan fingerprint density at radius 2 is 1.67 bits per heavy atom. The van der Waals surface area contributed by atoms with E-state index in [0.717, 1.165) is 0 Å². The highest BCUT2D eigenvalue weighted by atomic mass is 35.5. The zero-order valence-electron chi connectivity index (χ0n) is 8.88. The zero-order chi connectivity index (χ0) is 13.3. The van der Waals surface area contributed by atoms with Crippen molar-refractivity contribution >= 4 is 40.6 Å². The molecule has 0 spiro atoms. The SMILES string of the molecule is O=C(c1cc(Cl)ccc1Cl)c1cccc(Cl)c1F. The Bertz CT molecular complexity index is 622. The first-order chi connectivity index (χ1) is 8.50. The van der Waals surface area contributed by atoms with Gasteiger partial charge in [0.2, 0.25) is 0 Å². The minimum absolute atomic E-state index is 0.112. The van der Waals surface area contributed by atoms with Crippen LogP contribution in [0.5, 0.6) is 0 Å². The molecule has 5 heteroatoms. The number of hydrogen-bond donors (Lipinski definition) is 0. The first-order valence-electron chi connectivity index (χ1n) is 4.94. The van der Waals surface area contributed by atoms with Crippen LogP contribution in [0.15, 0.2) is 36.4 Å². The fourth-order valence-corrected chi connectivity index (χ4v) is 2.05. The van der Waals surface area contributed by atoms with Crippen LogP contribution in [0.2, 0.25) is 15.1 Å². The quantitative estimate of drug-likeness (QED) is 0.712. The molecule has 0 saturated carbocycles. The van der Waals surface area contributed by atoms with Crippen molar-refractivity contribution in [2.75, 3.05) is 0 Å². The van der Waals surface area contributed by atoms with E-state index >= 15 is 0 Å². The second-order valence-electron chi connectivity index (χ2n) is 3.55. The Balaban J connectivity index is 2.55. The summed E-state index contributed by atoms with van der Waals surface area (Å²) in [6.07, 6.45) is 0. The maximum absolute atomic E-state index is 13.7. The predicted octanol–water partition coefficient (Wildman–Crippen LogP) is 5.02. The lowest BCUT2D eigenvalue weighted by molar-refractivity contribution is 0.103. The highest BCUT2D eigenvalue weighted by molar-refractivity contribution is 6.37. The number of rotatable bonds is 2. The summed E-state index contributed by atoms with van der Waals surface area (Å²) in [5.41, 5.74) is 0.0111. The molecule has 0 saturated heterocycles. The minimum atomic E-state index is -0.764. The Morgan fingerprint density at radius 1 is 0.944 bits per heavy atom. The van der Waals surface area contributed by atoms with Gasteiger partial charge in [0, 0.05) is 10.6 Å². The lowest BCUT2D eigenvalue weighted by atomic mass is 10.0. The Hall–Kier alpha value is -1.09. The number of benzene rings is 2. The van der Waals surface area contributed by atoms with Crippen molar-refractivity contribution in [1.29, 1.82) is 0 Å². The molecule has 0 amide bonds. The second kappa shape index (κ2) is 5.27. The fraction of sp³-hybridized carbons (Fsp3) is 0. The van der Waals surface area contributed by atoms with E-state index in [1.54, 1.807) is 6.07 Å². The Kier molecular flexibility index (Phi) is 3.91. The van der Waals surface area contributed by atoms with Gasteiger partial charge in [-0.15, -0.1) is 0 Å². The maximum atomic E-state index is 13.7. The highest BCUT2D eigenvalue weighted by Crippen LogP contribution is 2.26. The van der Waals surface area contributed by atoms with Gasteiger partial charge in [-0.2, -0.15) is 0 Å². The molecule has 0 unspecified atom stereocenters. The molecule has 0 aliphatic heterocycles. The molecule has 0 atom stereocenters. The van der Waals surface area contributed by atoms with Crippen LogP contribution >= 0.6 is 34.8 Å². The standard InChI is InChI=1S/C13H6Cl3FO/c14-7-4-5-10(15)9(6-7)13(18)8-2-1-3-11(16)12(8)17/h1-6H. The molecule has 0 aliphatic carbocycles. The van der Waals surface area contributed by atoms with Crippen LogP contribution in [0, 0.1) is 5.82 Å². The van der Waals surface area contributed by atoms with E-state index in [1.807, 2.05) is 0 Å². The third kappa shape index (κ3) is 2.51. The molecule has 0 radical (unpaired) electrons. The van der Waals surface area contributed by atoms with Gasteiger partial charge >= 0.3 is 0 Å². The van der Waals surface area contributed by atoms with Crippen molar-refractivity contribution in [3.8, 4) is 0 Å². The van der Waals surface area contributed by atoms with Gasteiger partial charge in [0.15, 0.2) is 11.6 Å². The summed E-state index contributed by atoms with van der Waals surface area (Å²) < 4.78 is 13.7. The summed E-state index contributed by atoms with van der Waals surface area (Å²) >= 11 is 17.3. The van der Waals surface area contributed by atoms with Crippen LogP contribution in [0.3, 0.4) is 0 Å². The summed E-state index contributed by atoms with van der Waals surface area (Å²) in [7, 11) is 0. The van der Waals surface area contributed by atoms with E-state index in [-0.39, 0.29) is 21.2 Å².